The van der Waals surface area contributed by atoms with Crippen molar-refractivity contribution < 1.29 is 31.9 Å². The normalized spacial score (nSPS) is 15.4. The summed E-state index contributed by atoms with van der Waals surface area (Å²) in [5, 5.41) is 0. The van der Waals surface area contributed by atoms with Gasteiger partial charge in [-0.05, 0) is 37.3 Å². The summed E-state index contributed by atoms with van der Waals surface area (Å²) in [6.45, 7) is 2.48. The quantitative estimate of drug-likeness (QED) is 0.543. The van der Waals surface area contributed by atoms with Crippen molar-refractivity contribution in [3.63, 3.8) is 0 Å². The van der Waals surface area contributed by atoms with Crippen LogP contribution in [0.15, 0.2) is 45.9 Å². The highest BCUT2D eigenvalue weighted by Gasteiger charge is 2.26. The van der Waals surface area contributed by atoms with Crippen molar-refractivity contribution in [1.82, 2.24) is 4.31 Å². The minimum Gasteiger partial charge on any atom is -0.469 e. The van der Waals surface area contributed by atoms with E-state index in [2.05, 4.69) is 0 Å². The lowest BCUT2D eigenvalue weighted by Crippen LogP contribution is -2.40. The van der Waals surface area contributed by atoms with E-state index in [1.165, 1.54) is 40.9 Å². The number of Topliss-reactive ketones (excluding diaryl/α,β-unsaturated/α-hetero) is 1. The molecule has 27 heavy (non-hydrogen) atoms. The molecule has 1 saturated heterocycles. The van der Waals surface area contributed by atoms with Gasteiger partial charge in [0.1, 0.15) is 11.3 Å². The number of ketones is 1. The second-order valence-electron chi connectivity index (χ2n) is 5.93. The summed E-state index contributed by atoms with van der Waals surface area (Å²) in [5.74, 6) is -0.675. The number of sulfonamides is 1. The summed E-state index contributed by atoms with van der Waals surface area (Å²) in [7, 11) is -3.62. The Morgan fingerprint density at radius 3 is 2.37 bits per heavy atom. The van der Waals surface area contributed by atoms with E-state index in [1.54, 1.807) is 6.92 Å². The Hall–Kier alpha value is -2.49. The largest absolute Gasteiger partial charge is 0.469 e. The van der Waals surface area contributed by atoms with Gasteiger partial charge in [0.2, 0.25) is 10.0 Å². The van der Waals surface area contributed by atoms with Gasteiger partial charge >= 0.3 is 5.97 Å². The molecule has 1 aromatic carbocycles. The summed E-state index contributed by atoms with van der Waals surface area (Å²) < 4.78 is 41.6. The second-order valence-corrected chi connectivity index (χ2v) is 7.87. The molecule has 8 nitrogen and oxygen atoms in total. The average Bonchev–Trinajstić information content (AvgIpc) is 3.12. The minimum atomic E-state index is -3.62. The van der Waals surface area contributed by atoms with Crippen molar-refractivity contribution >= 4 is 21.8 Å². The van der Waals surface area contributed by atoms with Crippen molar-refractivity contribution in [3.8, 4) is 0 Å². The Balaban J connectivity index is 1.63. The smallest absolute Gasteiger partial charge is 0.342 e. The number of carbonyl (C=O) groups is 2. The first-order valence-electron chi connectivity index (χ1n) is 8.32. The van der Waals surface area contributed by atoms with Gasteiger partial charge in [-0.3, -0.25) is 4.79 Å². The van der Waals surface area contributed by atoms with Gasteiger partial charge in [-0.15, -0.1) is 0 Å². The Labute approximate surface area is 156 Å². The highest BCUT2D eigenvalue weighted by Crippen LogP contribution is 2.18. The molecular formula is C18H19NO7S. The first kappa shape index (κ1) is 19.3. The number of hydrogen-bond donors (Lipinski definition) is 0. The van der Waals surface area contributed by atoms with Gasteiger partial charge in [0.25, 0.3) is 0 Å². The second kappa shape index (κ2) is 8.03. The van der Waals surface area contributed by atoms with Gasteiger partial charge in [-0.1, -0.05) is 0 Å². The summed E-state index contributed by atoms with van der Waals surface area (Å²) in [4.78, 5) is 24.2. The van der Waals surface area contributed by atoms with Gasteiger partial charge in [0.05, 0.1) is 24.4 Å². The fourth-order valence-corrected chi connectivity index (χ4v) is 4.05. The van der Waals surface area contributed by atoms with Crippen LogP contribution in [-0.2, 0) is 19.5 Å². The molecule has 1 fully saturated rings. The van der Waals surface area contributed by atoms with E-state index in [0.717, 1.165) is 0 Å². The Morgan fingerprint density at radius 1 is 1.11 bits per heavy atom. The molecular weight excluding hydrogens is 374 g/mol. The summed E-state index contributed by atoms with van der Waals surface area (Å²) in [6, 6.07) is 7.03. The molecule has 0 atom stereocenters. The highest BCUT2D eigenvalue weighted by molar-refractivity contribution is 7.89. The number of aryl methyl sites for hydroxylation is 1. The number of esters is 1. The van der Waals surface area contributed by atoms with Crippen LogP contribution in [0.4, 0.5) is 0 Å². The lowest BCUT2D eigenvalue weighted by Gasteiger charge is -2.26. The predicted octanol–water partition coefficient (Wildman–Crippen LogP) is 1.65. The summed E-state index contributed by atoms with van der Waals surface area (Å²) in [5.41, 5.74) is 0.516. The van der Waals surface area contributed by atoms with E-state index < -0.39 is 28.4 Å². The van der Waals surface area contributed by atoms with E-state index in [-0.39, 0.29) is 16.0 Å². The summed E-state index contributed by atoms with van der Waals surface area (Å²) in [6.07, 6.45) is 1.36. The third kappa shape index (κ3) is 4.26. The van der Waals surface area contributed by atoms with Gasteiger partial charge < -0.3 is 13.9 Å². The Bertz CT molecular complexity index is 925. The number of nitrogens with zero attached hydrogens (tertiary/aromatic N) is 1. The van der Waals surface area contributed by atoms with Crippen LogP contribution in [0.3, 0.4) is 0 Å². The third-order valence-corrected chi connectivity index (χ3v) is 6.11. The average molecular weight is 393 g/mol. The molecule has 144 valence electrons. The van der Waals surface area contributed by atoms with Crippen LogP contribution in [-0.4, -0.2) is 57.4 Å². The van der Waals surface area contributed by atoms with Crippen LogP contribution < -0.4 is 0 Å². The van der Waals surface area contributed by atoms with Gasteiger partial charge in [0, 0.05) is 18.7 Å². The van der Waals surface area contributed by atoms with Gasteiger partial charge in [-0.25, -0.2) is 13.2 Å². The van der Waals surface area contributed by atoms with Crippen molar-refractivity contribution in [2.24, 2.45) is 0 Å². The number of ether oxygens (including phenoxy) is 2. The van der Waals surface area contributed by atoms with Crippen LogP contribution in [0.1, 0.15) is 26.5 Å². The number of furan rings is 1. The summed E-state index contributed by atoms with van der Waals surface area (Å²) >= 11 is 0. The SMILES string of the molecule is Cc1occc1C(=O)OCC(=O)c1ccc(S(=O)(=O)N2CCOCC2)cc1. The van der Waals surface area contributed by atoms with E-state index in [0.29, 0.717) is 32.1 Å². The van der Waals surface area contributed by atoms with Crippen LogP contribution in [0, 0.1) is 6.92 Å². The minimum absolute atomic E-state index is 0.104. The van der Waals surface area contributed by atoms with Crippen LogP contribution in [0.2, 0.25) is 0 Å². The fraction of sp³-hybridized carbons (Fsp3) is 0.333. The first-order chi connectivity index (χ1) is 12.9. The molecule has 1 aliphatic heterocycles. The zero-order valence-electron chi connectivity index (χ0n) is 14.7. The number of morpholine rings is 1. The van der Waals surface area contributed by atoms with Crippen LogP contribution in [0.25, 0.3) is 0 Å². The van der Waals surface area contributed by atoms with Crippen molar-refractivity contribution in [2.75, 3.05) is 32.9 Å². The lowest BCUT2D eigenvalue weighted by atomic mass is 10.1. The molecule has 1 aliphatic rings. The molecule has 2 aromatic rings. The van der Waals surface area contributed by atoms with E-state index in [9.17, 15) is 18.0 Å². The van der Waals surface area contributed by atoms with Crippen LogP contribution in [0.5, 0.6) is 0 Å². The molecule has 0 bridgehead atoms. The number of carbonyl (C=O) groups excluding carboxylic acids is 2. The number of benzene rings is 1. The molecule has 0 saturated carbocycles. The van der Waals surface area contributed by atoms with E-state index in [4.69, 9.17) is 13.9 Å². The number of hydrogen-bond acceptors (Lipinski definition) is 7. The topological polar surface area (TPSA) is 103 Å². The van der Waals surface area contributed by atoms with E-state index >= 15 is 0 Å². The molecule has 0 radical (unpaired) electrons. The molecule has 0 amide bonds. The zero-order chi connectivity index (χ0) is 19.4. The molecule has 0 aliphatic carbocycles. The molecule has 9 heteroatoms. The maximum absolute atomic E-state index is 12.6. The molecule has 3 rings (SSSR count). The maximum Gasteiger partial charge on any atom is 0.342 e. The predicted molar refractivity (Wildman–Crippen MR) is 94.1 cm³/mol. The lowest BCUT2D eigenvalue weighted by molar-refractivity contribution is 0.0473. The monoisotopic (exact) mass is 393 g/mol. The van der Waals surface area contributed by atoms with Gasteiger partial charge in [-0.2, -0.15) is 4.31 Å². The molecule has 0 N–H and O–H groups in total. The fourth-order valence-electron chi connectivity index (χ4n) is 2.64. The Morgan fingerprint density at radius 2 is 1.78 bits per heavy atom. The first-order valence-corrected chi connectivity index (χ1v) is 9.76. The zero-order valence-corrected chi connectivity index (χ0v) is 15.5. The Kier molecular flexibility index (Phi) is 5.73. The van der Waals surface area contributed by atoms with Crippen LogP contribution >= 0.6 is 0 Å². The highest BCUT2D eigenvalue weighted by atomic mass is 32.2. The van der Waals surface area contributed by atoms with Crippen molar-refractivity contribution in [1.29, 1.82) is 0 Å². The molecule has 0 unspecified atom stereocenters. The third-order valence-electron chi connectivity index (χ3n) is 4.20. The van der Waals surface area contributed by atoms with Gasteiger partial charge in [0.15, 0.2) is 12.4 Å². The maximum atomic E-state index is 12.6. The molecule has 0 spiro atoms. The van der Waals surface area contributed by atoms with Crippen molar-refractivity contribution in [3.05, 3.63) is 53.5 Å². The number of rotatable bonds is 6. The van der Waals surface area contributed by atoms with E-state index in [1.807, 2.05) is 0 Å². The molecule has 1 aromatic heterocycles. The standard InChI is InChI=1S/C18H19NO7S/c1-13-16(6-9-25-13)18(21)26-12-17(20)14-2-4-15(5-3-14)27(22,23)19-7-10-24-11-8-19/h2-6,9H,7-8,10-12H2,1H3. The molecule has 2 heterocycles. The van der Waals surface area contributed by atoms with Crippen molar-refractivity contribution in [2.45, 2.75) is 11.8 Å².